The number of carbonyl (C=O) groups is 2. The van der Waals surface area contributed by atoms with Crippen LogP contribution in [0.15, 0.2) is 36.5 Å². The first kappa shape index (κ1) is 18.1. The Bertz CT molecular complexity index is 825. The number of rotatable bonds is 5. The average Bonchev–Trinajstić information content (AvgIpc) is 3.16. The van der Waals surface area contributed by atoms with Crippen LogP contribution in [0.3, 0.4) is 0 Å². The van der Waals surface area contributed by atoms with E-state index in [1.807, 2.05) is 4.90 Å². The third-order valence-electron chi connectivity index (χ3n) is 3.95. The normalized spacial score (nSPS) is 13.5. The number of hydrogen-bond acceptors (Lipinski definition) is 5. The van der Waals surface area contributed by atoms with Gasteiger partial charge in [0.2, 0.25) is 0 Å². The summed E-state index contributed by atoms with van der Waals surface area (Å²) in [5.41, 5.74) is 0.565. The molecular formula is C18H17ClFN3O3. The lowest BCUT2D eigenvalue weighted by molar-refractivity contribution is -0.119. The molecule has 1 aliphatic heterocycles. The summed E-state index contributed by atoms with van der Waals surface area (Å²) in [6.07, 6.45) is 3.71. The summed E-state index contributed by atoms with van der Waals surface area (Å²) in [4.78, 5) is 30.6. The average molecular weight is 378 g/mol. The zero-order valence-corrected chi connectivity index (χ0v) is 14.6. The van der Waals surface area contributed by atoms with E-state index < -0.39 is 24.3 Å². The first-order valence-electron chi connectivity index (χ1n) is 8.16. The number of amides is 1. The number of nitrogens with zero attached hydrogens (tertiary/aromatic N) is 2. The number of esters is 1. The van der Waals surface area contributed by atoms with Crippen molar-refractivity contribution >= 4 is 35.0 Å². The Kier molecular flexibility index (Phi) is 5.68. The fraction of sp³-hybridized carbons (Fsp3) is 0.278. The van der Waals surface area contributed by atoms with Crippen molar-refractivity contribution in [3.05, 3.63) is 52.9 Å². The van der Waals surface area contributed by atoms with E-state index in [1.165, 1.54) is 12.1 Å². The summed E-state index contributed by atoms with van der Waals surface area (Å²) < 4.78 is 18.1. The second-order valence-electron chi connectivity index (χ2n) is 5.82. The summed E-state index contributed by atoms with van der Waals surface area (Å²) >= 11 is 5.85. The Balaban J connectivity index is 1.61. The lowest BCUT2D eigenvalue weighted by Crippen LogP contribution is -2.25. The van der Waals surface area contributed by atoms with Gasteiger partial charge in [0, 0.05) is 19.3 Å². The zero-order chi connectivity index (χ0) is 18.5. The molecular weight excluding hydrogens is 361 g/mol. The van der Waals surface area contributed by atoms with E-state index >= 15 is 0 Å². The maximum atomic E-state index is 13.0. The number of carbonyl (C=O) groups excluding carboxylic acids is 2. The van der Waals surface area contributed by atoms with E-state index in [-0.39, 0.29) is 10.7 Å². The lowest BCUT2D eigenvalue weighted by atomic mass is 10.2. The van der Waals surface area contributed by atoms with Crippen molar-refractivity contribution in [3.8, 4) is 0 Å². The lowest BCUT2D eigenvalue weighted by Gasteiger charge is -2.18. The summed E-state index contributed by atoms with van der Waals surface area (Å²) in [7, 11) is 0. The Hall–Kier alpha value is -2.67. The van der Waals surface area contributed by atoms with Crippen LogP contribution >= 0.6 is 11.6 Å². The van der Waals surface area contributed by atoms with Gasteiger partial charge < -0.3 is 15.0 Å². The van der Waals surface area contributed by atoms with Crippen LogP contribution in [0.4, 0.5) is 15.9 Å². The molecule has 0 spiro atoms. The van der Waals surface area contributed by atoms with Gasteiger partial charge in [-0.15, -0.1) is 0 Å². The van der Waals surface area contributed by atoms with Crippen molar-refractivity contribution < 1.29 is 18.7 Å². The molecule has 1 saturated heterocycles. The van der Waals surface area contributed by atoms with Crippen LogP contribution in [0.25, 0.3) is 0 Å². The van der Waals surface area contributed by atoms with Crippen LogP contribution in [-0.4, -0.2) is 36.6 Å². The van der Waals surface area contributed by atoms with Gasteiger partial charge in [0.05, 0.1) is 10.7 Å². The number of nitrogens with one attached hydrogen (secondary N) is 1. The first-order chi connectivity index (χ1) is 12.5. The van der Waals surface area contributed by atoms with Gasteiger partial charge >= 0.3 is 5.97 Å². The molecule has 1 aromatic carbocycles. The minimum atomic E-state index is -0.625. The molecule has 0 bridgehead atoms. The molecule has 0 aliphatic carbocycles. The third-order valence-corrected chi connectivity index (χ3v) is 4.26. The van der Waals surface area contributed by atoms with E-state index in [2.05, 4.69) is 10.3 Å². The first-order valence-corrected chi connectivity index (χ1v) is 8.54. The summed E-state index contributed by atoms with van der Waals surface area (Å²) in [5, 5.41) is 2.54. The summed E-state index contributed by atoms with van der Waals surface area (Å²) in [5.74, 6) is -1.14. The van der Waals surface area contributed by atoms with Gasteiger partial charge in [0.15, 0.2) is 6.61 Å². The van der Waals surface area contributed by atoms with E-state index in [0.29, 0.717) is 11.4 Å². The number of halogens is 2. The fourth-order valence-corrected chi connectivity index (χ4v) is 2.94. The predicted molar refractivity (Wildman–Crippen MR) is 96.0 cm³/mol. The Morgan fingerprint density at radius 1 is 1.27 bits per heavy atom. The van der Waals surface area contributed by atoms with Gasteiger partial charge in [-0.2, -0.15) is 0 Å². The highest BCUT2D eigenvalue weighted by atomic mass is 35.5. The molecule has 0 saturated carbocycles. The van der Waals surface area contributed by atoms with Crippen LogP contribution in [0.5, 0.6) is 0 Å². The number of ether oxygens (including phenoxy) is 1. The van der Waals surface area contributed by atoms with E-state index in [0.717, 1.165) is 32.0 Å². The predicted octanol–water partition coefficient (Wildman–Crippen LogP) is 3.27. The number of pyridine rings is 1. The van der Waals surface area contributed by atoms with Crippen molar-refractivity contribution in [1.29, 1.82) is 0 Å². The smallest absolute Gasteiger partial charge is 0.342 e. The zero-order valence-electron chi connectivity index (χ0n) is 13.9. The monoisotopic (exact) mass is 377 g/mol. The third kappa shape index (κ3) is 4.29. The van der Waals surface area contributed by atoms with Crippen LogP contribution in [0.2, 0.25) is 5.02 Å². The van der Waals surface area contributed by atoms with Gasteiger partial charge in [0.1, 0.15) is 17.2 Å². The van der Waals surface area contributed by atoms with Crippen molar-refractivity contribution in [2.24, 2.45) is 0 Å². The highest BCUT2D eigenvalue weighted by Gasteiger charge is 2.22. The van der Waals surface area contributed by atoms with E-state index in [9.17, 15) is 14.0 Å². The molecule has 1 aliphatic rings. The van der Waals surface area contributed by atoms with Crippen molar-refractivity contribution in [2.75, 3.05) is 29.9 Å². The standard InChI is InChI=1S/C18H17ClFN3O3/c19-14-10-12(20)5-6-15(14)22-16(24)11-26-18(25)13-4-3-7-21-17(13)23-8-1-2-9-23/h3-7,10H,1-2,8-9,11H2,(H,22,24). The largest absolute Gasteiger partial charge is 0.452 e. The molecule has 1 aromatic heterocycles. The van der Waals surface area contributed by atoms with Crippen molar-refractivity contribution in [3.63, 3.8) is 0 Å². The molecule has 3 rings (SSSR count). The molecule has 136 valence electrons. The maximum Gasteiger partial charge on any atom is 0.342 e. The van der Waals surface area contributed by atoms with Crippen LogP contribution in [0.1, 0.15) is 23.2 Å². The second kappa shape index (κ2) is 8.14. The van der Waals surface area contributed by atoms with Crippen molar-refractivity contribution in [1.82, 2.24) is 4.98 Å². The Morgan fingerprint density at radius 2 is 2.04 bits per heavy atom. The minimum absolute atomic E-state index is 0.0632. The molecule has 26 heavy (non-hydrogen) atoms. The Morgan fingerprint density at radius 3 is 2.77 bits per heavy atom. The van der Waals surface area contributed by atoms with E-state index in [4.69, 9.17) is 16.3 Å². The van der Waals surface area contributed by atoms with Crippen molar-refractivity contribution in [2.45, 2.75) is 12.8 Å². The van der Waals surface area contributed by atoms with E-state index in [1.54, 1.807) is 18.3 Å². The molecule has 1 N–H and O–H groups in total. The van der Waals surface area contributed by atoms with Gasteiger partial charge in [-0.1, -0.05) is 11.6 Å². The molecule has 0 unspecified atom stereocenters. The second-order valence-corrected chi connectivity index (χ2v) is 6.22. The van der Waals surface area contributed by atoms with Gasteiger partial charge in [-0.25, -0.2) is 14.2 Å². The number of benzene rings is 1. The topological polar surface area (TPSA) is 71.5 Å². The Labute approximate surface area is 154 Å². The molecule has 1 fully saturated rings. The minimum Gasteiger partial charge on any atom is -0.452 e. The SMILES string of the molecule is O=C(COC(=O)c1cccnc1N1CCCC1)Nc1ccc(F)cc1Cl. The summed E-state index contributed by atoms with van der Waals surface area (Å²) in [6, 6.07) is 6.86. The molecule has 1 amide bonds. The van der Waals surface area contributed by atoms with Gasteiger partial charge in [0.25, 0.3) is 5.91 Å². The number of anilines is 2. The molecule has 8 heteroatoms. The molecule has 2 aromatic rings. The summed E-state index contributed by atoms with van der Waals surface area (Å²) in [6.45, 7) is 1.18. The maximum absolute atomic E-state index is 13.0. The highest BCUT2D eigenvalue weighted by molar-refractivity contribution is 6.33. The van der Waals surface area contributed by atoms with Crippen LogP contribution in [-0.2, 0) is 9.53 Å². The van der Waals surface area contributed by atoms with Crippen LogP contribution < -0.4 is 10.2 Å². The van der Waals surface area contributed by atoms with Gasteiger partial charge in [-0.3, -0.25) is 4.79 Å². The molecule has 6 nitrogen and oxygen atoms in total. The van der Waals surface area contributed by atoms with Crippen LogP contribution in [0, 0.1) is 5.82 Å². The fourth-order valence-electron chi connectivity index (χ4n) is 2.72. The molecule has 0 atom stereocenters. The number of hydrogen-bond donors (Lipinski definition) is 1. The number of aromatic nitrogens is 1. The quantitative estimate of drug-likeness (QED) is 0.810. The molecule has 2 heterocycles. The highest BCUT2D eigenvalue weighted by Crippen LogP contribution is 2.23. The van der Waals surface area contributed by atoms with Gasteiger partial charge in [-0.05, 0) is 43.2 Å². The molecule has 0 radical (unpaired) electrons.